The maximum atomic E-state index is 11.5. The first-order valence-corrected chi connectivity index (χ1v) is 7.19. The number of esters is 1. The average molecular weight is 357 g/mol. The molecule has 0 spiro atoms. The second-order valence-electron chi connectivity index (χ2n) is 5.31. The molecule has 1 rings (SSSR count). The standard InChI is InChI=1S/C13H24N2O7.ClH/c1-3-4-8(16)15-9-11(18)10(17)7(22-13(9)20)5-21-12(19)6(2)14;/h6-7,9-11,13,17-18,20H,3-5,14H2,1-2H3,(H,15,16);1H/t6-,7+,9+,10+,11+,13?;/m0./s1. The van der Waals surface area contributed by atoms with Crippen LogP contribution in [0.5, 0.6) is 0 Å². The van der Waals surface area contributed by atoms with Gasteiger partial charge in [0, 0.05) is 6.42 Å². The van der Waals surface area contributed by atoms with Crippen LogP contribution < -0.4 is 11.1 Å². The number of amides is 1. The third-order valence-electron chi connectivity index (χ3n) is 3.29. The van der Waals surface area contributed by atoms with Crippen LogP contribution in [0.4, 0.5) is 0 Å². The SMILES string of the molecule is CCCC(=O)N[C@H]1C(O)O[C@H](COC(=O)[C@H](C)N)[C@@H](O)[C@@H]1O.Cl. The fraction of sp³-hybridized carbons (Fsp3) is 0.846. The molecule has 1 fully saturated rings. The number of halogens is 1. The molecule has 1 heterocycles. The predicted molar refractivity (Wildman–Crippen MR) is 81.6 cm³/mol. The first kappa shape index (κ1) is 22.0. The first-order valence-electron chi connectivity index (χ1n) is 7.19. The maximum absolute atomic E-state index is 11.5. The Bertz CT molecular complexity index is 397. The summed E-state index contributed by atoms with van der Waals surface area (Å²) in [5.74, 6) is -1.07. The van der Waals surface area contributed by atoms with Crippen LogP contribution in [0.25, 0.3) is 0 Å². The van der Waals surface area contributed by atoms with E-state index in [0.717, 1.165) is 0 Å². The Labute approximate surface area is 140 Å². The lowest BCUT2D eigenvalue weighted by Crippen LogP contribution is -2.64. The Morgan fingerprint density at radius 1 is 1.30 bits per heavy atom. The van der Waals surface area contributed by atoms with Crippen molar-refractivity contribution in [2.75, 3.05) is 6.61 Å². The molecule has 0 saturated carbocycles. The van der Waals surface area contributed by atoms with Crippen molar-refractivity contribution in [3.05, 3.63) is 0 Å². The van der Waals surface area contributed by atoms with E-state index in [1.807, 2.05) is 6.92 Å². The normalized spacial score (nSPS) is 31.7. The van der Waals surface area contributed by atoms with Crippen LogP contribution in [0.15, 0.2) is 0 Å². The van der Waals surface area contributed by atoms with Gasteiger partial charge in [-0.3, -0.25) is 9.59 Å². The van der Waals surface area contributed by atoms with Crippen LogP contribution in [-0.4, -0.2) is 70.5 Å². The number of rotatable bonds is 6. The van der Waals surface area contributed by atoms with Gasteiger partial charge in [-0.2, -0.15) is 0 Å². The number of nitrogens with two attached hydrogens (primary N) is 1. The Morgan fingerprint density at radius 3 is 2.43 bits per heavy atom. The topological polar surface area (TPSA) is 151 Å². The number of aliphatic hydroxyl groups excluding tert-OH is 3. The van der Waals surface area contributed by atoms with Crippen LogP contribution in [-0.2, 0) is 19.1 Å². The van der Waals surface area contributed by atoms with Gasteiger partial charge in [0.05, 0.1) is 0 Å². The lowest BCUT2D eigenvalue weighted by Gasteiger charge is -2.40. The van der Waals surface area contributed by atoms with Crippen molar-refractivity contribution in [3.63, 3.8) is 0 Å². The molecule has 23 heavy (non-hydrogen) atoms. The molecule has 1 aliphatic rings. The number of carbonyl (C=O) groups is 2. The van der Waals surface area contributed by atoms with Crippen molar-refractivity contribution in [3.8, 4) is 0 Å². The van der Waals surface area contributed by atoms with E-state index in [-0.39, 0.29) is 31.3 Å². The molecular formula is C13H25ClN2O7. The largest absolute Gasteiger partial charge is 0.462 e. The van der Waals surface area contributed by atoms with Crippen LogP contribution in [0, 0.1) is 0 Å². The average Bonchev–Trinajstić information content (AvgIpc) is 2.45. The van der Waals surface area contributed by atoms with Crippen molar-refractivity contribution in [1.29, 1.82) is 0 Å². The molecule has 0 aromatic rings. The summed E-state index contributed by atoms with van der Waals surface area (Å²) >= 11 is 0. The molecule has 1 aliphatic heterocycles. The number of nitrogens with one attached hydrogen (secondary N) is 1. The quantitative estimate of drug-likeness (QED) is 0.343. The van der Waals surface area contributed by atoms with Crippen molar-refractivity contribution in [2.45, 2.75) is 63.4 Å². The highest BCUT2D eigenvalue weighted by Gasteiger charge is 2.44. The van der Waals surface area contributed by atoms with Crippen molar-refractivity contribution < 1.29 is 34.4 Å². The van der Waals surface area contributed by atoms with E-state index < -0.39 is 42.7 Å². The summed E-state index contributed by atoms with van der Waals surface area (Å²) in [6, 6.07) is -1.99. The molecule has 6 N–H and O–H groups in total. The third kappa shape index (κ3) is 6.21. The van der Waals surface area contributed by atoms with Gasteiger partial charge in [0.2, 0.25) is 5.91 Å². The van der Waals surface area contributed by atoms with Gasteiger partial charge in [-0.1, -0.05) is 6.92 Å². The summed E-state index contributed by atoms with van der Waals surface area (Å²) < 4.78 is 9.91. The van der Waals surface area contributed by atoms with Gasteiger partial charge in [-0.15, -0.1) is 12.4 Å². The highest BCUT2D eigenvalue weighted by atomic mass is 35.5. The summed E-state index contributed by atoms with van der Waals surface area (Å²) in [5.41, 5.74) is 5.32. The minimum Gasteiger partial charge on any atom is -0.462 e. The molecule has 0 bridgehead atoms. The summed E-state index contributed by atoms with van der Waals surface area (Å²) in [5, 5.41) is 32.2. The van der Waals surface area contributed by atoms with E-state index in [4.69, 9.17) is 15.2 Å². The molecule has 9 nitrogen and oxygen atoms in total. The summed E-state index contributed by atoms with van der Waals surface area (Å²) in [7, 11) is 0. The maximum Gasteiger partial charge on any atom is 0.322 e. The Balaban J connectivity index is 0.00000484. The molecule has 0 aromatic heterocycles. The highest BCUT2D eigenvalue weighted by Crippen LogP contribution is 2.20. The second kappa shape index (κ2) is 10.0. The smallest absolute Gasteiger partial charge is 0.322 e. The van der Waals surface area contributed by atoms with E-state index in [9.17, 15) is 24.9 Å². The zero-order valence-corrected chi connectivity index (χ0v) is 13.9. The Hall–Kier alpha value is -0.970. The van der Waals surface area contributed by atoms with Gasteiger partial charge in [0.1, 0.15) is 37.0 Å². The molecule has 1 amide bonds. The lowest BCUT2D eigenvalue weighted by atomic mass is 9.97. The van der Waals surface area contributed by atoms with Crippen molar-refractivity contribution in [2.24, 2.45) is 5.73 Å². The number of hydrogen-bond acceptors (Lipinski definition) is 8. The number of carbonyl (C=O) groups excluding carboxylic acids is 2. The van der Waals surface area contributed by atoms with Gasteiger partial charge in [-0.05, 0) is 13.3 Å². The minimum absolute atomic E-state index is 0. The van der Waals surface area contributed by atoms with E-state index in [1.54, 1.807) is 0 Å². The predicted octanol–water partition coefficient (Wildman–Crippen LogP) is -1.98. The summed E-state index contributed by atoms with van der Waals surface area (Å²) in [4.78, 5) is 22.8. The second-order valence-corrected chi connectivity index (χ2v) is 5.31. The summed E-state index contributed by atoms with van der Waals surface area (Å²) in [6.45, 7) is 2.87. The van der Waals surface area contributed by atoms with Gasteiger partial charge in [0.15, 0.2) is 6.29 Å². The van der Waals surface area contributed by atoms with E-state index >= 15 is 0 Å². The number of aliphatic hydroxyl groups is 3. The molecule has 0 aliphatic carbocycles. The zero-order valence-electron chi connectivity index (χ0n) is 13.0. The van der Waals surface area contributed by atoms with Gasteiger partial charge >= 0.3 is 5.97 Å². The van der Waals surface area contributed by atoms with Crippen LogP contribution in [0.2, 0.25) is 0 Å². The number of hydrogen-bond donors (Lipinski definition) is 5. The third-order valence-corrected chi connectivity index (χ3v) is 3.29. The monoisotopic (exact) mass is 356 g/mol. The molecule has 6 atom stereocenters. The highest BCUT2D eigenvalue weighted by molar-refractivity contribution is 5.85. The van der Waals surface area contributed by atoms with Gasteiger partial charge in [-0.25, -0.2) is 0 Å². The van der Waals surface area contributed by atoms with Gasteiger partial charge in [0.25, 0.3) is 0 Å². The summed E-state index contributed by atoms with van der Waals surface area (Å²) in [6.07, 6.45) is -4.71. The molecule has 1 unspecified atom stereocenters. The van der Waals surface area contributed by atoms with E-state index in [2.05, 4.69) is 5.32 Å². The minimum atomic E-state index is -1.53. The first-order chi connectivity index (χ1) is 10.3. The number of ether oxygens (including phenoxy) is 2. The van der Waals surface area contributed by atoms with E-state index in [1.165, 1.54) is 6.92 Å². The van der Waals surface area contributed by atoms with E-state index in [0.29, 0.717) is 6.42 Å². The molecular weight excluding hydrogens is 332 g/mol. The molecule has 0 radical (unpaired) electrons. The molecule has 0 aromatic carbocycles. The van der Waals surface area contributed by atoms with Gasteiger partial charge < -0.3 is 35.8 Å². The molecule has 136 valence electrons. The van der Waals surface area contributed by atoms with Crippen LogP contribution in [0.1, 0.15) is 26.7 Å². The Kier molecular flexibility index (Phi) is 9.59. The van der Waals surface area contributed by atoms with Crippen molar-refractivity contribution in [1.82, 2.24) is 5.32 Å². The molecule has 10 heteroatoms. The molecule has 1 saturated heterocycles. The van der Waals surface area contributed by atoms with Crippen molar-refractivity contribution >= 4 is 24.3 Å². The van der Waals surface area contributed by atoms with Crippen LogP contribution >= 0.6 is 12.4 Å². The fourth-order valence-electron chi connectivity index (χ4n) is 2.02. The zero-order chi connectivity index (χ0) is 16.9. The van der Waals surface area contributed by atoms with Crippen LogP contribution in [0.3, 0.4) is 0 Å². The lowest BCUT2D eigenvalue weighted by molar-refractivity contribution is -0.255. The Morgan fingerprint density at radius 2 is 1.91 bits per heavy atom. The fourth-order valence-corrected chi connectivity index (χ4v) is 2.02.